The zero-order chi connectivity index (χ0) is 22.8. The summed E-state index contributed by atoms with van der Waals surface area (Å²) in [5.41, 5.74) is 9.76. The molecule has 5 heteroatoms. The Morgan fingerprint density at radius 1 is 1.03 bits per heavy atom. The van der Waals surface area contributed by atoms with Crippen LogP contribution in [-0.2, 0) is 17.7 Å². The molecule has 3 heterocycles. The van der Waals surface area contributed by atoms with Gasteiger partial charge in [-0.1, -0.05) is 29.8 Å². The Morgan fingerprint density at radius 2 is 1.78 bits per heavy atom. The zero-order valence-electron chi connectivity index (χ0n) is 20.4. The molecule has 0 aliphatic carbocycles. The molecule has 32 heavy (non-hydrogen) atoms. The maximum Gasteiger partial charge on any atom is 0.112 e. The van der Waals surface area contributed by atoms with Gasteiger partial charge < -0.3 is 4.74 Å². The molecule has 1 aliphatic rings. The van der Waals surface area contributed by atoms with Gasteiger partial charge >= 0.3 is 0 Å². The van der Waals surface area contributed by atoms with Gasteiger partial charge in [-0.2, -0.15) is 5.10 Å². The Labute approximate surface area is 192 Å². The lowest BCUT2D eigenvalue weighted by Crippen LogP contribution is -2.38. The van der Waals surface area contributed by atoms with Gasteiger partial charge in [-0.15, -0.1) is 0 Å². The van der Waals surface area contributed by atoms with Crippen molar-refractivity contribution >= 4 is 0 Å². The van der Waals surface area contributed by atoms with Crippen LogP contribution in [-0.4, -0.2) is 39.4 Å². The largest absolute Gasteiger partial charge is 0.369 e. The molecule has 1 fully saturated rings. The second-order valence-electron chi connectivity index (χ2n) is 9.49. The molecule has 0 amide bonds. The van der Waals surface area contributed by atoms with Crippen molar-refractivity contribution in [3.8, 4) is 0 Å². The number of benzene rings is 1. The zero-order valence-corrected chi connectivity index (χ0v) is 20.4. The summed E-state index contributed by atoms with van der Waals surface area (Å²) >= 11 is 0. The molecular formula is C27H36N4O. The van der Waals surface area contributed by atoms with Gasteiger partial charge in [0, 0.05) is 42.6 Å². The number of hydrogen-bond donors (Lipinski definition) is 0. The average Bonchev–Trinajstić information content (AvgIpc) is 3.04. The van der Waals surface area contributed by atoms with Crippen molar-refractivity contribution in [3.63, 3.8) is 0 Å². The Kier molecular flexibility index (Phi) is 6.77. The molecule has 0 spiro atoms. The number of ether oxygens (including phenoxy) is 1. The topological polar surface area (TPSA) is 43.2 Å². The Balaban J connectivity index is 1.50. The van der Waals surface area contributed by atoms with Crippen molar-refractivity contribution in [2.24, 2.45) is 0 Å². The third kappa shape index (κ3) is 5.11. The summed E-state index contributed by atoms with van der Waals surface area (Å²) in [6.07, 6.45) is 0.918. The van der Waals surface area contributed by atoms with Crippen molar-refractivity contribution in [2.75, 3.05) is 19.7 Å². The highest BCUT2D eigenvalue weighted by molar-refractivity contribution is 5.31. The molecule has 0 bridgehead atoms. The normalized spacial score (nSPS) is 17.3. The number of hydrogen-bond acceptors (Lipinski definition) is 4. The molecule has 0 radical (unpaired) electrons. The predicted molar refractivity (Wildman–Crippen MR) is 129 cm³/mol. The summed E-state index contributed by atoms with van der Waals surface area (Å²) in [5.74, 6) is 0. The third-order valence-electron chi connectivity index (χ3n) is 6.39. The fourth-order valence-electron chi connectivity index (χ4n) is 4.65. The molecule has 0 unspecified atom stereocenters. The molecule has 1 saturated heterocycles. The quantitative estimate of drug-likeness (QED) is 0.533. The van der Waals surface area contributed by atoms with Crippen molar-refractivity contribution in [1.29, 1.82) is 0 Å². The monoisotopic (exact) mass is 432 g/mol. The van der Waals surface area contributed by atoms with E-state index in [4.69, 9.17) is 14.8 Å². The molecule has 170 valence electrons. The van der Waals surface area contributed by atoms with E-state index in [2.05, 4.69) is 87.5 Å². The van der Waals surface area contributed by atoms with E-state index < -0.39 is 0 Å². The lowest BCUT2D eigenvalue weighted by atomic mass is 10.0. The number of morpholine rings is 1. The second kappa shape index (κ2) is 9.55. The van der Waals surface area contributed by atoms with Crippen molar-refractivity contribution in [3.05, 3.63) is 81.4 Å². The summed E-state index contributed by atoms with van der Waals surface area (Å²) in [5, 5.41) is 4.77. The molecule has 5 nitrogen and oxygen atoms in total. The first-order chi connectivity index (χ1) is 15.3. The second-order valence-corrected chi connectivity index (χ2v) is 9.49. The Hall–Kier alpha value is -2.50. The average molecular weight is 433 g/mol. The van der Waals surface area contributed by atoms with E-state index in [0.717, 1.165) is 49.7 Å². The Bertz CT molecular complexity index is 1070. The summed E-state index contributed by atoms with van der Waals surface area (Å²) in [6, 6.07) is 13.6. The minimum absolute atomic E-state index is 0.00109. The summed E-state index contributed by atoms with van der Waals surface area (Å²) in [6.45, 7) is 16.3. The van der Waals surface area contributed by atoms with Gasteiger partial charge in [-0.25, -0.2) is 0 Å². The molecule has 1 aromatic carbocycles. The highest BCUT2D eigenvalue weighted by Gasteiger charge is 2.25. The molecule has 1 atom stereocenters. The van der Waals surface area contributed by atoms with Crippen molar-refractivity contribution in [1.82, 2.24) is 19.7 Å². The lowest BCUT2D eigenvalue weighted by molar-refractivity contribution is -0.0352. The van der Waals surface area contributed by atoms with Crippen LogP contribution < -0.4 is 0 Å². The molecule has 1 aliphatic heterocycles. The minimum Gasteiger partial charge on any atom is -0.369 e. The number of aromatic nitrogens is 3. The highest BCUT2D eigenvalue weighted by Crippen LogP contribution is 2.26. The van der Waals surface area contributed by atoms with Gasteiger partial charge in [0.15, 0.2) is 0 Å². The van der Waals surface area contributed by atoms with Crippen molar-refractivity contribution in [2.45, 2.75) is 66.7 Å². The van der Waals surface area contributed by atoms with Gasteiger partial charge in [-0.05, 0) is 71.2 Å². The standard InChI is InChI=1S/C27H36N4O/c1-18(2)31-22(6)25(21(5)29-31)16-30-11-12-32-27(17-30)26-15-24(13-20(4)28-26)14-23-9-7-19(3)8-10-23/h7-10,13,15,18,27H,11-12,14,16-17H2,1-6H3/t27-/m0/s1. The van der Waals surface area contributed by atoms with Crippen LogP contribution >= 0.6 is 0 Å². The van der Waals surface area contributed by atoms with E-state index in [-0.39, 0.29) is 6.10 Å². The van der Waals surface area contributed by atoms with Gasteiger partial charge in [0.2, 0.25) is 0 Å². The van der Waals surface area contributed by atoms with Crippen LogP contribution in [0.4, 0.5) is 0 Å². The summed E-state index contributed by atoms with van der Waals surface area (Å²) in [4.78, 5) is 7.33. The van der Waals surface area contributed by atoms with Gasteiger partial charge in [0.25, 0.3) is 0 Å². The van der Waals surface area contributed by atoms with Gasteiger partial charge in [-0.3, -0.25) is 14.6 Å². The maximum absolute atomic E-state index is 6.19. The summed E-state index contributed by atoms with van der Waals surface area (Å²) < 4.78 is 8.33. The highest BCUT2D eigenvalue weighted by atomic mass is 16.5. The Morgan fingerprint density at radius 3 is 2.47 bits per heavy atom. The van der Waals surface area contributed by atoms with E-state index in [1.54, 1.807) is 0 Å². The number of aryl methyl sites for hydroxylation is 3. The maximum atomic E-state index is 6.19. The van der Waals surface area contributed by atoms with Crippen molar-refractivity contribution < 1.29 is 4.74 Å². The van der Waals surface area contributed by atoms with Crippen LogP contribution in [0.5, 0.6) is 0 Å². The molecule has 0 saturated carbocycles. The minimum atomic E-state index is 0.00109. The fraction of sp³-hybridized carbons (Fsp3) is 0.481. The third-order valence-corrected chi connectivity index (χ3v) is 6.39. The predicted octanol–water partition coefficient (Wildman–Crippen LogP) is 5.26. The van der Waals surface area contributed by atoms with E-state index in [0.29, 0.717) is 6.04 Å². The van der Waals surface area contributed by atoms with E-state index in [1.807, 2.05) is 0 Å². The SMILES string of the molecule is Cc1ccc(Cc2cc(C)nc([C@@H]3CN(Cc4c(C)nn(C(C)C)c4C)CCO3)c2)cc1. The van der Waals surface area contributed by atoms with Crippen LogP contribution in [0.15, 0.2) is 36.4 Å². The van der Waals surface area contributed by atoms with Crippen LogP contribution in [0.2, 0.25) is 0 Å². The fourth-order valence-corrected chi connectivity index (χ4v) is 4.65. The first kappa shape index (κ1) is 22.7. The van der Waals surface area contributed by atoms with Crippen LogP contribution in [0, 0.1) is 27.7 Å². The number of pyridine rings is 1. The first-order valence-electron chi connectivity index (χ1n) is 11.7. The van der Waals surface area contributed by atoms with Crippen LogP contribution in [0.1, 0.15) is 71.0 Å². The molecular weight excluding hydrogens is 396 g/mol. The van der Waals surface area contributed by atoms with Gasteiger partial charge in [0.05, 0.1) is 18.0 Å². The lowest BCUT2D eigenvalue weighted by Gasteiger charge is -2.33. The smallest absolute Gasteiger partial charge is 0.112 e. The molecule has 0 N–H and O–H groups in total. The van der Waals surface area contributed by atoms with E-state index >= 15 is 0 Å². The van der Waals surface area contributed by atoms with E-state index in [9.17, 15) is 0 Å². The number of nitrogens with zero attached hydrogens (tertiary/aromatic N) is 4. The molecule has 4 rings (SSSR count). The molecule has 2 aromatic heterocycles. The summed E-state index contributed by atoms with van der Waals surface area (Å²) in [7, 11) is 0. The van der Waals surface area contributed by atoms with E-state index in [1.165, 1.54) is 27.9 Å². The van der Waals surface area contributed by atoms with Gasteiger partial charge in [0.1, 0.15) is 6.10 Å². The first-order valence-corrected chi connectivity index (χ1v) is 11.7. The molecule has 3 aromatic rings. The van der Waals surface area contributed by atoms with Crippen LogP contribution in [0.3, 0.4) is 0 Å². The van der Waals surface area contributed by atoms with Crippen LogP contribution in [0.25, 0.3) is 0 Å². The number of rotatable bonds is 6.